The SMILES string of the molecule is CC(C)(C)c1nc2c3ccccc3c3c(=O)[nH]ccc3c2[nH]1. The van der Waals surface area contributed by atoms with E-state index in [1.165, 1.54) is 0 Å². The van der Waals surface area contributed by atoms with E-state index in [9.17, 15) is 4.79 Å². The second kappa shape index (κ2) is 4.19. The molecule has 0 radical (unpaired) electrons. The van der Waals surface area contributed by atoms with Gasteiger partial charge in [-0.25, -0.2) is 4.98 Å². The number of H-pyrrole nitrogens is 2. The molecule has 0 aliphatic rings. The van der Waals surface area contributed by atoms with E-state index in [0.717, 1.165) is 38.4 Å². The van der Waals surface area contributed by atoms with Crippen molar-refractivity contribution in [1.29, 1.82) is 0 Å². The Kier molecular flexibility index (Phi) is 2.49. The predicted octanol–water partition coefficient (Wildman–Crippen LogP) is 3.86. The van der Waals surface area contributed by atoms with E-state index in [4.69, 9.17) is 4.98 Å². The van der Waals surface area contributed by atoms with Crippen LogP contribution in [0.1, 0.15) is 26.6 Å². The van der Waals surface area contributed by atoms with Crippen LogP contribution >= 0.6 is 0 Å². The molecule has 0 aliphatic carbocycles. The fourth-order valence-electron chi connectivity index (χ4n) is 2.98. The average molecular weight is 291 g/mol. The summed E-state index contributed by atoms with van der Waals surface area (Å²) in [7, 11) is 0. The van der Waals surface area contributed by atoms with Crippen molar-refractivity contribution in [3.63, 3.8) is 0 Å². The summed E-state index contributed by atoms with van der Waals surface area (Å²) in [6.07, 6.45) is 1.69. The van der Waals surface area contributed by atoms with E-state index >= 15 is 0 Å². The molecule has 2 aromatic carbocycles. The molecule has 0 unspecified atom stereocenters. The molecular weight excluding hydrogens is 274 g/mol. The normalized spacial score (nSPS) is 12.5. The zero-order valence-electron chi connectivity index (χ0n) is 12.8. The van der Waals surface area contributed by atoms with Crippen molar-refractivity contribution < 1.29 is 0 Å². The van der Waals surface area contributed by atoms with Gasteiger partial charge in [0.1, 0.15) is 5.82 Å². The van der Waals surface area contributed by atoms with Crippen LogP contribution in [-0.2, 0) is 5.41 Å². The van der Waals surface area contributed by atoms with Crippen LogP contribution in [0.4, 0.5) is 0 Å². The molecule has 22 heavy (non-hydrogen) atoms. The Morgan fingerprint density at radius 3 is 2.45 bits per heavy atom. The van der Waals surface area contributed by atoms with Gasteiger partial charge >= 0.3 is 0 Å². The first-order valence-corrected chi connectivity index (χ1v) is 7.39. The quantitative estimate of drug-likeness (QED) is 0.483. The summed E-state index contributed by atoms with van der Waals surface area (Å²) in [5.41, 5.74) is 1.72. The second-order valence-electron chi connectivity index (χ2n) is 6.70. The Bertz CT molecular complexity index is 1080. The zero-order chi connectivity index (χ0) is 15.5. The van der Waals surface area contributed by atoms with Crippen molar-refractivity contribution in [3.05, 3.63) is 52.7 Å². The van der Waals surface area contributed by atoms with E-state index < -0.39 is 0 Å². The molecule has 4 heteroatoms. The topological polar surface area (TPSA) is 61.5 Å². The van der Waals surface area contributed by atoms with Gasteiger partial charge in [-0.3, -0.25) is 4.79 Å². The molecule has 2 heterocycles. The van der Waals surface area contributed by atoms with Crippen LogP contribution in [0.5, 0.6) is 0 Å². The van der Waals surface area contributed by atoms with Gasteiger partial charge in [0.15, 0.2) is 0 Å². The van der Waals surface area contributed by atoms with Crippen LogP contribution in [0.3, 0.4) is 0 Å². The van der Waals surface area contributed by atoms with E-state index in [2.05, 4.69) is 30.7 Å². The molecule has 0 aliphatic heterocycles. The number of hydrogen-bond donors (Lipinski definition) is 2. The molecule has 110 valence electrons. The van der Waals surface area contributed by atoms with Crippen molar-refractivity contribution in [2.45, 2.75) is 26.2 Å². The van der Waals surface area contributed by atoms with Gasteiger partial charge in [0.05, 0.1) is 16.4 Å². The molecule has 0 atom stereocenters. The number of aromatic nitrogens is 3. The second-order valence-corrected chi connectivity index (χ2v) is 6.70. The third-order valence-electron chi connectivity index (χ3n) is 4.10. The molecule has 4 aromatic rings. The molecule has 4 nitrogen and oxygen atoms in total. The molecular formula is C18H17N3O. The number of nitrogens with one attached hydrogen (secondary N) is 2. The van der Waals surface area contributed by atoms with Gasteiger partial charge in [-0.2, -0.15) is 0 Å². The monoisotopic (exact) mass is 291 g/mol. The van der Waals surface area contributed by atoms with E-state index in [0.29, 0.717) is 0 Å². The maximum atomic E-state index is 12.4. The molecule has 4 rings (SSSR count). The highest BCUT2D eigenvalue weighted by Gasteiger charge is 2.21. The summed E-state index contributed by atoms with van der Waals surface area (Å²) < 4.78 is 0. The highest BCUT2D eigenvalue weighted by molar-refractivity contribution is 6.22. The summed E-state index contributed by atoms with van der Waals surface area (Å²) in [5.74, 6) is 0.931. The van der Waals surface area contributed by atoms with Gasteiger partial charge in [0.25, 0.3) is 5.56 Å². The van der Waals surface area contributed by atoms with Crippen molar-refractivity contribution in [1.82, 2.24) is 15.0 Å². The number of nitrogens with zero attached hydrogens (tertiary/aromatic N) is 1. The Morgan fingerprint density at radius 1 is 1.00 bits per heavy atom. The average Bonchev–Trinajstić information content (AvgIpc) is 2.93. The van der Waals surface area contributed by atoms with Crippen molar-refractivity contribution in [2.24, 2.45) is 0 Å². The fourth-order valence-corrected chi connectivity index (χ4v) is 2.98. The number of imidazole rings is 1. The van der Waals surface area contributed by atoms with Crippen LogP contribution < -0.4 is 5.56 Å². The molecule has 2 aromatic heterocycles. The molecule has 0 saturated heterocycles. The Balaban J connectivity index is 2.35. The number of aromatic amines is 2. The molecule has 0 fully saturated rings. The van der Waals surface area contributed by atoms with Gasteiger partial charge < -0.3 is 9.97 Å². The molecule has 0 amide bonds. The summed E-state index contributed by atoms with van der Waals surface area (Å²) in [6.45, 7) is 6.38. The summed E-state index contributed by atoms with van der Waals surface area (Å²) in [4.78, 5) is 23.4. The maximum absolute atomic E-state index is 12.4. The molecule has 0 saturated carbocycles. The van der Waals surface area contributed by atoms with Crippen LogP contribution in [0.2, 0.25) is 0 Å². The number of fused-ring (bicyclic) bond motifs is 6. The minimum Gasteiger partial charge on any atom is -0.341 e. The van der Waals surface area contributed by atoms with Gasteiger partial charge in [0.2, 0.25) is 0 Å². The number of rotatable bonds is 0. The zero-order valence-corrected chi connectivity index (χ0v) is 12.8. The van der Waals surface area contributed by atoms with Gasteiger partial charge in [-0.05, 0) is 11.5 Å². The van der Waals surface area contributed by atoms with Gasteiger partial charge in [-0.1, -0.05) is 45.0 Å². The molecule has 0 spiro atoms. The Morgan fingerprint density at radius 2 is 1.73 bits per heavy atom. The number of hydrogen-bond acceptors (Lipinski definition) is 2. The first-order chi connectivity index (χ1) is 10.5. The van der Waals surface area contributed by atoms with Crippen molar-refractivity contribution in [3.8, 4) is 0 Å². The first kappa shape index (κ1) is 13.1. The largest absolute Gasteiger partial charge is 0.341 e. The maximum Gasteiger partial charge on any atom is 0.256 e. The van der Waals surface area contributed by atoms with Gasteiger partial charge in [0, 0.05) is 22.4 Å². The molecule has 2 N–H and O–H groups in total. The van der Waals surface area contributed by atoms with E-state index in [-0.39, 0.29) is 11.0 Å². The third-order valence-corrected chi connectivity index (χ3v) is 4.10. The summed E-state index contributed by atoms with van der Waals surface area (Å²) in [5, 5.41) is 3.59. The third kappa shape index (κ3) is 1.70. The minimum absolute atomic E-state index is 0.0671. The van der Waals surface area contributed by atoms with Crippen molar-refractivity contribution >= 4 is 32.6 Å². The summed E-state index contributed by atoms with van der Waals surface area (Å²) >= 11 is 0. The van der Waals surface area contributed by atoms with Crippen LogP contribution in [-0.4, -0.2) is 15.0 Å². The Hall–Kier alpha value is -2.62. The number of benzene rings is 2. The smallest absolute Gasteiger partial charge is 0.256 e. The lowest BCUT2D eigenvalue weighted by molar-refractivity contribution is 0.554. The molecule has 0 bridgehead atoms. The van der Waals surface area contributed by atoms with Crippen LogP contribution in [0.15, 0.2) is 41.3 Å². The lowest BCUT2D eigenvalue weighted by Gasteiger charge is -2.13. The van der Waals surface area contributed by atoms with Crippen LogP contribution in [0, 0.1) is 0 Å². The van der Waals surface area contributed by atoms with Crippen molar-refractivity contribution in [2.75, 3.05) is 0 Å². The van der Waals surface area contributed by atoms with Crippen LogP contribution in [0.25, 0.3) is 32.6 Å². The standard InChI is InChI=1S/C18H17N3O/c1-18(2,3)17-20-14-11-7-5-4-6-10(11)13-12(15(14)21-17)8-9-19-16(13)22/h4-9H,1-3H3,(H,19,22)(H,20,21). The Labute approximate surface area is 127 Å². The summed E-state index contributed by atoms with van der Waals surface area (Å²) in [6, 6.07) is 9.89. The fraction of sp³-hybridized carbons (Fsp3) is 0.222. The predicted molar refractivity (Wildman–Crippen MR) is 90.4 cm³/mol. The first-order valence-electron chi connectivity index (χ1n) is 7.39. The highest BCUT2D eigenvalue weighted by atomic mass is 16.1. The minimum atomic E-state index is -0.0757. The lowest BCUT2D eigenvalue weighted by Crippen LogP contribution is -2.12. The highest BCUT2D eigenvalue weighted by Crippen LogP contribution is 2.33. The van der Waals surface area contributed by atoms with E-state index in [1.807, 2.05) is 30.3 Å². The number of pyridine rings is 1. The lowest BCUT2D eigenvalue weighted by atomic mass is 9.96. The van der Waals surface area contributed by atoms with E-state index in [1.54, 1.807) is 6.20 Å². The van der Waals surface area contributed by atoms with Gasteiger partial charge in [-0.15, -0.1) is 0 Å².